The van der Waals surface area contributed by atoms with Crippen LogP contribution in [0.2, 0.25) is 0 Å². The van der Waals surface area contributed by atoms with Gasteiger partial charge in [0.25, 0.3) is 0 Å². The Morgan fingerprint density at radius 1 is 1.55 bits per heavy atom. The Morgan fingerprint density at radius 3 is 2.45 bits per heavy atom. The van der Waals surface area contributed by atoms with Crippen LogP contribution < -0.4 is 5.32 Å². The van der Waals surface area contributed by atoms with Crippen LogP contribution in [-0.2, 0) is 4.79 Å². The van der Waals surface area contributed by atoms with Crippen molar-refractivity contribution < 1.29 is 4.79 Å². The number of carbonyl (C=O) groups excluding carboxylic acids is 1. The fraction of sp³-hybridized carbons (Fsp3) is 0.667. The number of carbonyl (C=O) groups is 1. The molecular formula is C9H15NO. The summed E-state index contributed by atoms with van der Waals surface area (Å²) in [4.78, 5) is 10.5. The third kappa shape index (κ3) is 4.58. The summed E-state index contributed by atoms with van der Waals surface area (Å²) in [6.07, 6.45) is 0.890. The Hall–Kier alpha value is -0.810. The van der Waals surface area contributed by atoms with Gasteiger partial charge in [-0.05, 0) is 27.7 Å². The first-order valence-electron chi connectivity index (χ1n) is 3.68. The fourth-order valence-corrected chi connectivity index (χ4v) is 0.845. The number of hydrogen-bond acceptors (Lipinski definition) is 2. The molecular weight excluding hydrogens is 138 g/mol. The molecule has 0 saturated carbocycles. The highest BCUT2D eigenvalue weighted by Gasteiger charge is 2.16. The van der Waals surface area contributed by atoms with Gasteiger partial charge in [0.1, 0.15) is 6.29 Å². The Morgan fingerprint density at radius 2 is 2.09 bits per heavy atom. The molecule has 2 heteroatoms. The molecule has 0 saturated heterocycles. The molecule has 0 aromatic heterocycles. The summed E-state index contributed by atoms with van der Waals surface area (Å²) in [5, 5.41) is 3.07. The molecule has 0 aromatic carbocycles. The topological polar surface area (TPSA) is 29.1 Å². The zero-order valence-electron chi connectivity index (χ0n) is 7.56. The van der Waals surface area contributed by atoms with E-state index in [1.54, 1.807) is 6.92 Å². The summed E-state index contributed by atoms with van der Waals surface area (Å²) >= 11 is 0. The monoisotopic (exact) mass is 153 g/mol. The van der Waals surface area contributed by atoms with Gasteiger partial charge < -0.3 is 4.79 Å². The first-order valence-corrected chi connectivity index (χ1v) is 3.68. The third-order valence-corrected chi connectivity index (χ3v) is 1.24. The molecule has 0 bridgehead atoms. The van der Waals surface area contributed by atoms with E-state index >= 15 is 0 Å². The van der Waals surface area contributed by atoms with Crippen molar-refractivity contribution in [3.63, 3.8) is 0 Å². The highest BCUT2D eigenvalue weighted by atomic mass is 16.1. The van der Waals surface area contributed by atoms with Crippen LogP contribution >= 0.6 is 0 Å². The highest BCUT2D eigenvalue weighted by molar-refractivity contribution is 5.62. The molecule has 0 aliphatic heterocycles. The highest BCUT2D eigenvalue weighted by Crippen LogP contribution is 1.97. The largest absolute Gasteiger partial charge is 0.301 e. The van der Waals surface area contributed by atoms with Gasteiger partial charge in [0.05, 0.1) is 11.6 Å². The first-order chi connectivity index (χ1) is 5.02. The molecule has 0 aromatic rings. The van der Waals surface area contributed by atoms with Crippen LogP contribution in [0.3, 0.4) is 0 Å². The molecule has 0 fully saturated rings. The van der Waals surface area contributed by atoms with Crippen molar-refractivity contribution in [2.24, 2.45) is 0 Å². The zero-order valence-corrected chi connectivity index (χ0v) is 7.56. The van der Waals surface area contributed by atoms with Gasteiger partial charge in [0.15, 0.2) is 0 Å². The maximum Gasteiger partial charge on any atom is 0.139 e. The molecule has 1 unspecified atom stereocenters. The lowest BCUT2D eigenvalue weighted by Crippen LogP contribution is -2.45. The molecule has 0 amide bonds. The van der Waals surface area contributed by atoms with Gasteiger partial charge in [-0.1, -0.05) is 5.92 Å². The lowest BCUT2D eigenvalue weighted by molar-refractivity contribution is -0.112. The van der Waals surface area contributed by atoms with Crippen molar-refractivity contribution in [2.75, 3.05) is 0 Å². The van der Waals surface area contributed by atoms with E-state index < -0.39 is 5.54 Å². The fourth-order valence-electron chi connectivity index (χ4n) is 0.845. The maximum atomic E-state index is 10.5. The van der Waals surface area contributed by atoms with E-state index in [4.69, 9.17) is 0 Å². The predicted octanol–water partition coefficient (Wildman–Crippen LogP) is 0.965. The molecule has 2 nitrogen and oxygen atoms in total. The molecule has 0 radical (unpaired) electrons. The van der Waals surface area contributed by atoms with Gasteiger partial charge in [-0.25, -0.2) is 0 Å². The molecule has 0 heterocycles. The second-order valence-corrected chi connectivity index (χ2v) is 3.10. The van der Waals surface area contributed by atoms with Crippen LogP contribution in [0.5, 0.6) is 0 Å². The summed E-state index contributed by atoms with van der Waals surface area (Å²) in [6.45, 7) is 7.37. The first kappa shape index (κ1) is 10.2. The van der Waals surface area contributed by atoms with Gasteiger partial charge in [0, 0.05) is 0 Å². The lowest BCUT2D eigenvalue weighted by atomic mass is 10.1. The van der Waals surface area contributed by atoms with E-state index in [9.17, 15) is 4.79 Å². The SMILES string of the molecule is CC#CC(C)NC(C)(C)C=O. The standard InChI is InChI=1S/C9H15NO/c1-5-6-8(2)10-9(3,4)7-11/h7-8,10H,1-4H3. The Balaban J connectivity index is 3.99. The molecule has 1 atom stereocenters. The molecule has 0 rings (SSSR count). The quantitative estimate of drug-likeness (QED) is 0.483. The number of nitrogens with one attached hydrogen (secondary N) is 1. The van der Waals surface area contributed by atoms with Crippen LogP contribution in [0.25, 0.3) is 0 Å². The van der Waals surface area contributed by atoms with E-state index in [2.05, 4.69) is 17.2 Å². The summed E-state index contributed by atoms with van der Waals surface area (Å²) in [5.74, 6) is 5.70. The minimum atomic E-state index is -0.469. The average Bonchev–Trinajstić information content (AvgIpc) is 1.87. The van der Waals surface area contributed by atoms with Crippen molar-refractivity contribution >= 4 is 6.29 Å². The van der Waals surface area contributed by atoms with Crippen molar-refractivity contribution in [3.05, 3.63) is 0 Å². The van der Waals surface area contributed by atoms with Gasteiger partial charge in [-0.2, -0.15) is 0 Å². The summed E-state index contributed by atoms with van der Waals surface area (Å²) in [6, 6.07) is 0.0696. The van der Waals surface area contributed by atoms with Crippen LogP contribution in [0.4, 0.5) is 0 Å². The van der Waals surface area contributed by atoms with Crippen molar-refractivity contribution in [2.45, 2.75) is 39.3 Å². The summed E-state index contributed by atoms with van der Waals surface area (Å²) in [7, 11) is 0. The van der Waals surface area contributed by atoms with Gasteiger partial charge >= 0.3 is 0 Å². The number of aldehydes is 1. The average molecular weight is 153 g/mol. The van der Waals surface area contributed by atoms with Crippen molar-refractivity contribution in [1.29, 1.82) is 0 Å². The van der Waals surface area contributed by atoms with E-state index in [0.29, 0.717) is 0 Å². The third-order valence-electron chi connectivity index (χ3n) is 1.24. The maximum absolute atomic E-state index is 10.5. The number of rotatable bonds is 3. The lowest BCUT2D eigenvalue weighted by Gasteiger charge is -2.21. The molecule has 0 aliphatic rings. The van der Waals surface area contributed by atoms with Gasteiger partial charge in [-0.3, -0.25) is 5.32 Å². The van der Waals surface area contributed by atoms with E-state index in [1.807, 2.05) is 20.8 Å². The molecule has 62 valence electrons. The Labute approximate surface area is 68.4 Å². The second-order valence-electron chi connectivity index (χ2n) is 3.10. The van der Waals surface area contributed by atoms with Crippen molar-refractivity contribution in [3.8, 4) is 11.8 Å². The number of hydrogen-bond donors (Lipinski definition) is 1. The minimum Gasteiger partial charge on any atom is -0.301 e. The smallest absolute Gasteiger partial charge is 0.139 e. The van der Waals surface area contributed by atoms with Crippen LogP contribution in [0.1, 0.15) is 27.7 Å². The molecule has 0 aliphatic carbocycles. The van der Waals surface area contributed by atoms with E-state index in [-0.39, 0.29) is 6.04 Å². The van der Waals surface area contributed by atoms with Gasteiger partial charge in [0.2, 0.25) is 0 Å². The van der Waals surface area contributed by atoms with Crippen molar-refractivity contribution in [1.82, 2.24) is 5.32 Å². The Kier molecular flexibility index (Phi) is 3.84. The molecule has 1 N–H and O–H groups in total. The molecule has 0 spiro atoms. The summed E-state index contributed by atoms with van der Waals surface area (Å²) < 4.78 is 0. The van der Waals surface area contributed by atoms with Crippen LogP contribution in [0, 0.1) is 11.8 Å². The van der Waals surface area contributed by atoms with Crippen LogP contribution in [0.15, 0.2) is 0 Å². The minimum absolute atomic E-state index is 0.0696. The van der Waals surface area contributed by atoms with Gasteiger partial charge in [-0.15, -0.1) is 5.92 Å². The van der Waals surface area contributed by atoms with E-state index in [0.717, 1.165) is 6.29 Å². The predicted molar refractivity (Wildman–Crippen MR) is 46.2 cm³/mol. The molecule has 11 heavy (non-hydrogen) atoms. The normalized spacial score (nSPS) is 13.1. The Bertz CT molecular complexity index is 185. The zero-order chi connectivity index (χ0) is 8.91. The van der Waals surface area contributed by atoms with Crippen LogP contribution in [-0.4, -0.2) is 17.9 Å². The second kappa shape index (κ2) is 4.15. The summed E-state index contributed by atoms with van der Waals surface area (Å²) in [5.41, 5.74) is -0.469. The van der Waals surface area contributed by atoms with E-state index in [1.165, 1.54) is 0 Å².